The number of benzene rings is 1. The lowest BCUT2D eigenvalue weighted by molar-refractivity contribution is -0.878. The van der Waals surface area contributed by atoms with E-state index in [9.17, 15) is 9.90 Å². The molecule has 0 spiro atoms. The van der Waals surface area contributed by atoms with Crippen molar-refractivity contribution in [3.05, 3.63) is 41.2 Å². The Morgan fingerprint density at radius 2 is 2.07 bits per heavy atom. The lowest BCUT2D eigenvalue weighted by Crippen LogP contribution is -2.36. The molecule has 3 atom stereocenters. The van der Waals surface area contributed by atoms with E-state index in [0.717, 1.165) is 23.0 Å². The number of carbonyl (C=O) groups is 1. The lowest BCUT2D eigenvalue weighted by atomic mass is 9.83. The van der Waals surface area contributed by atoms with Gasteiger partial charge in [0.25, 0.3) is 0 Å². The Morgan fingerprint density at radius 1 is 1.33 bits per heavy atom. The minimum Gasteiger partial charge on any atom is -0.550 e. The number of hydrogen-bond donors (Lipinski definition) is 1. The number of aromatic nitrogens is 4. The molecule has 1 aliphatic rings. The molecule has 2 aromatic rings. The van der Waals surface area contributed by atoms with Crippen molar-refractivity contribution in [3.63, 3.8) is 0 Å². The summed E-state index contributed by atoms with van der Waals surface area (Å²) in [4.78, 5) is 11.7. The summed E-state index contributed by atoms with van der Waals surface area (Å²) in [5.74, 6) is -0.869. The Labute approximate surface area is 160 Å². The monoisotopic (exact) mass is 371 g/mol. The van der Waals surface area contributed by atoms with Crippen LogP contribution >= 0.6 is 0 Å². The van der Waals surface area contributed by atoms with Crippen molar-refractivity contribution in [1.82, 2.24) is 20.6 Å². The van der Waals surface area contributed by atoms with E-state index < -0.39 is 11.9 Å². The average Bonchev–Trinajstić information content (AvgIpc) is 3.28. The fourth-order valence-electron chi connectivity index (χ4n) is 4.28. The van der Waals surface area contributed by atoms with Crippen LogP contribution in [0.3, 0.4) is 0 Å². The predicted octanol–water partition coefficient (Wildman–Crippen LogP) is 1.26. The van der Waals surface area contributed by atoms with Crippen molar-refractivity contribution < 1.29 is 14.4 Å². The predicted molar refractivity (Wildman–Crippen MR) is 99.7 cm³/mol. The van der Waals surface area contributed by atoms with Gasteiger partial charge in [-0.2, -0.15) is 0 Å². The van der Waals surface area contributed by atoms with Crippen molar-refractivity contribution in [2.45, 2.75) is 44.4 Å². The molecule has 1 saturated heterocycles. The van der Waals surface area contributed by atoms with E-state index in [-0.39, 0.29) is 5.92 Å². The second kappa shape index (κ2) is 8.17. The zero-order chi connectivity index (χ0) is 19.4. The van der Waals surface area contributed by atoms with Crippen LogP contribution < -0.4 is 5.11 Å². The minimum atomic E-state index is -1.04. The number of quaternary nitrogens is 1. The molecule has 7 nitrogen and oxygen atoms in total. The number of tetrazole rings is 1. The lowest BCUT2D eigenvalue weighted by Gasteiger charge is -2.26. The van der Waals surface area contributed by atoms with Crippen LogP contribution in [0.15, 0.2) is 24.3 Å². The normalized spacial score (nSPS) is 21.1. The van der Waals surface area contributed by atoms with Crippen LogP contribution in [0.5, 0.6) is 0 Å². The second-order valence-electron chi connectivity index (χ2n) is 8.38. The summed E-state index contributed by atoms with van der Waals surface area (Å²) < 4.78 is 1.07. The maximum Gasteiger partial charge on any atom is 0.152 e. The Morgan fingerprint density at radius 3 is 2.59 bits per heavy atom. The molecule has 0 bridgehead atoms. The molecule has 0 radical (unpaired) electrons. The van der Waals surface area contributed by atoms with Crippen LogP contribution in [0, 0.1) is 5.92 Å². The number of H-pyrrole nitrogens is 1. The number of carboxylic acids is 1. The first-order valence-electron chi connectivity index (χ1n) is 9.75. The maximum atomic E-state index is 11.7. The summed E-state index contributed by atoms with van der Waals surface area (Å²) in [5.41, 5.74) is 2.46. The third-order valence-electron chi connectivity index (χ3n) is 5.81. The highest BCUT2D eigenvalue weighted by Crippen LogP contribution is 2.32. The molecule has 1 N–H and O–H groups in total. The van der Waals surface area contributed by atoms with Gasteiger partial charge in [0, 0.05) is 30.1 Å². The first-order valence-corrected chi connectivity index (χ1v) is 9.75. The fourth-order valence-corrected chi connectivity index (χ4v) is 4.28. The molecular formula is C20H29N5O2. The number of carbonyl (C=O) groups excluding carboxylic acids is 1. The first kappa shape index (κ1) is 19.5. The van der Waals surface area contributed by atoms with Gasteiger partial charge >= 0.3 is 0 Å². The van der Waals surface area contributed by atoms with E-state index >= 15 is 0 Å². The van der Waals surface area contributed by atoms with Crippen molar-refractivity contribution in [2.75, 3.05) is 27.2 Å². The summed E-state index contributed by atoms with van der Waals surface area (Å²) in [7, 11) is 4.55. The summed E-state index contributed by atoms with van der Waals surface area (Å²) in [5, 5.41) is 25.7. The van der Waals surface area contributed by atoms with Crippen molar-refractivity contribution in [2.24, 2.45) is 5.92 Å². The molecule has 1 unspecified atom stereocenters. The standard InChI is InChI=1S/C20H29N5O2/c1-4-5-17(20(26)27)18(19-21-23-24-22-19)12-14-6-8-15(9-7-14)16-10-11-25(2,3)13-16/h6-9,16-18H,4-5,10-13H2,1-3H3,(H-,21,22,23,24,26,27)/t16?,17-,18-/m0/s1. The Kier molecular flexibility index (Phi) is 5.89. The van der Waals surface area contributed by atoms with E-state index in [1.165, 1.54) is 18.5 Å². The van der Waals surface area contributed by atoms with Gasteiger partial charge in [0.15, 0.2) is 5.82 Å². The molecular weight excluding hydrogens is 342 g/mol. The largest absolute Gasteiger partial charge is 0.550 e. The minimum absolute atomic E-state index is 0.321. The van der Waals surface area contributed by atoms with E-state index in [1.54, 1.807) is 0 Å². The smallest absolute Gasteiger partial charge is 0.152 e. The Hall–Kier alpha value is -2.28. The molecule has 2 heterocycles. The van der Waals surface area contributed by atoms with Crippen LogP contribution in [0.1, 0.15) is 55.0 Å². The van der Waals surface area contributed by atoms with Gasteiger partial charge in [0.05, 0.1) is 27.2 Å². The molecule has 1 fully saturated rings. The third kappa shape index (κ3) is 4.71. The highest BCUT2D eigenvalue weighted by Gasteiger charge is 2.32. The number of hydrogen-bond acceptors (Lipinski definition) is 5. The number of aromatic amines is 1. The molecule has 1 aliphatic heterocycles. The number of likely N-dealkylation sites (tertiary alicyclic amines) is 1. The molecule has 0 amide bonds. The molecule has 1 aromatic heterocycles. The van der Waals surface area contributed by atoms with Crippen LogP contribution in [-0.2, 0) is 11.2 Å². The van der Waals surface area contributed by atoms with Gasteiger partial charge in [0.1, 0.15) is 0 Å². The average molecular weight is 371 g/mol. The third-order valence-corrected chi connectivity index (χ3v) is 5.81. The number of carboxylic acid groups (broad SMARTS) is 1. The van der Waals surface area contributed by atoms with Crippen molar-refractivity contribution in [3.8, 4) is 0 Å². The molecule has 3 rings (SSSR count). The van der Waals surface area contributed by atoms with Crippen LogP contribution in [0.25, 0.3) is 0 Å². The highest BCUT2D eigenvalue weighted by atomic mass is 16.4. The van der Waals surface area contributed by atoms with Gasteiger partial charge < -0.3 is 14.4 Å². The number of nitrogens with zero attached hydrogens (tertiary/aromatic N) is 4. The Bertz CT molecular complexity index is 742. The molecule has 7 heteroatoms. The summed E-state index contributed by atoms with van der Waals surface area (Å²) >= 11 is 0. The van der Waals surface area contributed by atoms with Gasteiger partial charge in [-0.3, -0.25) is 0 Å². The quantitative estimate of drug-likeness (QED) is 0.705. The van der Waals surface area contributed by atoms with Crippen LogP contribution in [0.2, 0.25) is 0 Å². The summed E-state index contributed by atoms with van der Waals surface area (Å²) in [6, 6.07) is 8.61. The Balaban J connectivity index is 1.77. The zero-order valence-electron chi connectivity index (χ0n) is 16.4. The van der Waals surface area contributed by atoms with E-state index in [0.29, 0.717) is 24.6 Å². The SMILES string of the molecule is CCC[C@H](C(=O)[O-])[C@H](Cc1ccc(C2CC[N+](C)(C)C2)cc1)c1nnn[nH]1. The van der Waals surface area contributed by atoms with Crippen molar-refractivity contribution >= 4 is 5.97 Å². The molecule has 0 aliphatic carbocycles. The van der Waals surface area contributed by atoms with Crippen molar-refractivity contribution in [1.29, 1.82) is 0 Å². The fraction of sp³-hybridized carbons (Fsp3) is 0.600. The van der Waals surface area contributed by atoms with Gasteiger partial charge in [-0.25, -0.2) is 5.10 Å². The number of likely N-dealkylation sites (N-methyl/N-ethyl adjacent to an activating group) is 1. The molecule has 1 aromatic carbocycles. The molecule has 0 saturated carbocycles. The van der Waals surface area contributed by atoms with Gasteiger partial charge in [-0.05, 0) is 34.4 Å². The van der Waals surface area contributed by atoms with Gasteiger partial charge in [0.2, 0.25) is 0 Å². The number of aliphatic carboxylic acids is 1. The topological polar surface area (TPSA) is 94.6 Å². The maximum absolute atomic E-state index is 11.7. The summed E-state index contributed by atoms with van der Waals surface area (Å²) in [6.07, 6.45) is 3.09. The molecule has 27 heavy (non-hydrogen) atoms. The van der Waals surface area contributed by atoms with Gasteiger partial charge in [-0.15, -0.1) is 5.10 Å². The first-order chi connectivity index (χ1) is 12.9. The van der Waals surface area contributed by atoms with Gasteiger partial charge in [-0.1, -0.05) is 37.6 Å². The molecule has 146 valence electrons. The van der Waals surface area contributed by atoms with Crippen LogP contribution in [-0.4, -0.2) is 58.3 Å². The highest BCUT2D eigenvalue weighted by molar-refractivity contribution is 5.69. The van der Waals surface area contributed by atoms with E-state index in [1.807, 2.05) is 6.92 Å². The van der Waals surface area contributed by atoms with E-state index in [4.69, 9.17) is 0 Å². The van der Waals surface area contributed by atoms with E-state index in [2.05, 4.69) is 59.0 Å². The number of nitrogens with one attached hydrogen (secondary N) is 1. The number of rotatable bonds is 8. The zero-order valence-corrected chi connectivity index (χ0v) is 16.4. The second-order valence-corrected chi connectivity index (χ2v) is 8.38. The van der Waals surface area contributed by atoms with Crippen LogP contribution in [0.4, 0.5) is 0 Å². The summed E-state index contributed by atoms with van der Waals surface area (Å²) in [6.45, 7) is 4.34.